The van der Waals surface area contributed by atoms with Crippen LogP contribution in [0.25, 0.3) is 0 Å². The van der Waals surface area contributed by atoms with Gasteiger partial charge in [-0.25, -0.2) is 0 Å². The van der Waals surface area contributed by atoms with Gasteiger partial charge in [0.15, 0.2) is 0 Å². The van der Waals surface area contributed by atoms with Crippen LogP contribution in [0.1, 0.15) is 59.3 Å². The van der Waals surface area contributed by atoms with Crippen molar-refractivity contribution in [2.24, 2.45) is 5.92 Å². The van der Waals surface area contributed by atoms with Gasteiger partial charge in [0.2, 0.25) is 5.91 Å². The van der Waals surface area contributed by atoms with Gasteiger partial charge in [-0.3, -0.25) is 14.5 Å². The van der Waals surface area contributed by atoms with Gasteiger partial charge in [-0.1, -0.05) is 33.1 Å². The SMILES string of the molecule is CCCCCC(C)NC(=O)CN1CCC(C)CC1C(=O)O. The number of carbonyl (C=O) groups is 2. The molecule has 1 fully saturated rings. The normalized spacial score (nSPS) is 24.5. The maximum absolute atomic E-state index is 12.1. The van der Waals surface area contributed by atoms with Gasteiger partial charge >= 0.3 is 5.97 Å². The Kier molecular flexibility index (Phi) is 7.72. The molecular formula is C16H30N2O3. The molecule has 21 heavy (non-hydrogen) atoms. The first-order chi connectivity index (χ1) is 9.93. The van der Waals surface area contributed by atoms with Crippen LogP contribution in [-0.2, 0) is 9.59 Å². The van der Waals surface area contributed by atoms with Crippen molar-refractivity contribution < 1.29 is 14.7 Å². The highest BCUT2D eigenvalue weighted by Gasteiger charge is 2.32. The van der Waals surface area contributed by atoms with Crippen molar-refractivity contribution in [2.75, 3.05) is 13.1 Å². The highest BCUT2D eigenvalue weighted by molar-refractivity contribution is 5.80. The number of hydrogen-bond acceptors (Lipinski definition) is 3. The molecule has 0 saturated carbocycles. The van der Waals surface area contributed by atoms with Gasteiger partial charge < -0.3 is 10.4 Å². The third-order valence-corrected chi connectivity index (χ3v) is 4.26. The zero-order valence-corrected chi connectivity index (χ0v) is 13.6. The second-order valence-electron chi connectivity index (χ2n) is 6.42. The molecule has 0 bridgehead atoms. The number of amides is 1. The molecule has 1 aliphatic rings. The molecule has 1 rings (SSSR count). The highest BCUT2D eigenvalue weighted by atomic mass is 16.4. The van der Waals surface area contributed by atoms with Crippen LogP contribution >= 0.6 is 0 Å². The molecule has 2 N–H and O–H groups in total. The van der Waals surface area contributed by atoms with Crippen molar-refractivity contribution in [1.82, 2.24) is 10.2 Å². The summed E-state index contributed by atoms with van der Waals surface area (Å²) in [6.45, 7) is 7.13. The Morgan fingerprint density at radius 1 is 1.38 bits per heavy atom. The molecule has 122 valence electrons. The van der Waals surface area contributed by atoms with Crippen LogP contribution in [0, 0.1) is 5.92 Å². The van der Waals surface area contributed by atoms with Gasteiger partial charge in [0.1, 0.15) is 6.04 Å². The third kappa shape index (κ3) is 6.46. The van der Waals surface area contributed by atoms with E-state index in [4.69, 9.17) is 0 Å². The lowest BCUT2D eigenvalue weighted by Gasteiger charge is -2.35. The fourth-order valence-electron chi connectivity index (χ4n) is 2.91. The number of carboxylic acids is 1. The molecule has 5 heteroatoms. The second-order valence-corrected chi connectivity index (χ2v) is 6.42. The van der Waals surface area contributed by atoms with Gasteiger partial charge in [-0.15, -0.1) is 0 Å². The van der Waals surface area contributed by atoms with Gasteiger partial charge in [0.05, 0.1) is 6.54 Å². The molecule has 1 aliphatic heterocycles. The first-order valence-corrected chi connectivity index (χ1v) is 8.20. The summed E-state index contributed by atoms with van der Waals surface area (Å²) in [4.78, 5) is 25.2. The Hall–Kier alpha value is -1.10. The smallest absolute Gasteiger partial charge is 0.320 e. The molecule has 0 spiro atoms. The van der Waals surface area contributed by atoms with Gasteiger partial charge in [0, 0.05) is 6.04 Å². The minimum absolute atomic E-state index is 0.0557. The fraction of sp³-hybridized carbons (Fsp3) is 0.875. The minimum atomic E-state index is -0.814. The molecule has 0 aromatic rings. The number of hydrogen-bond donors (Lipinski definition) is 2. The largest absolute Gasteiger partial charge is 0.480 e. The van der Waals surface area contributed by atoms with Crippen molar-refractivity contribution in [3.8, 4) is 0 Å². The van der Waals surface area contributed by atoms with Crippen LogP contribution in [0.2, 0.25) is 0 Å². The monoisotopic (exact) mass is 298 g/mol. The van der Waals surface area contributed by atoms with E-state index < -0.39 is 12.0 Å². The van der Waals surface area contributed by atoms with E-state index in [1.165, 1.54) is 12.8 Å². The molecule has 0 aliphatic carbocycles. The van der Waals surface area contributed by atoms with E-state index in [1.807, 2.05) is 6.92 Å². The third-order valence-electron chi connectivity index (χ3n) is 4.26. The van der Waals surface area contributed by atoms with E-state index in [0.29, 0.717) is 18.9 Å². The van der Waals surface area contributed by atoms with E-state index in [2.05, 4.69) is 19.2 Å². The standard InChI is InChI=1S/C16H30N2O3/c1-4-5-6-7-13(3)17-15(19)11-18-9-8-12(2)10-14(18)16(20)21/h12-14H,4-11H2,1-3H3,(H,17,19)(H,20,21). The lowest BCUT2D eigenvalue weighted by Crippen LogP contribution is -2.51. The number of unbranched alkanes of at least 4 members (excludes halogenated alkanes) is 2. The molecule has 3 atom stereocenters. The summed E-state index contributed by atoms with van der Waals surface area (Å²) in [6.07, 6.45) is 6.06. The first kappa shape index (κ1) is 18.0. The van der Waals surface area contributed by atoms with Gasteiger partial charge in [0.25, 0.3) is 0 Å². The zero-order chi connectivity index (χ0) is 15.8. The average molecular weight is 298 g/mol. The average Bonchev–Trinajstić information content (AvgIpc) is 2.40. The quantitative estimate of drug-likeness (QED) is 0.674. The van der Waals surface area contributed by atoms with E-state index in [9.17, 15) is 14.7 Å². The maximum atomic E-state index is 12.1. The van der Waals surface area contributed by atoms with E-state index >= 15 is 0 Å². The summed E-state index contributed by atoms with van der Waals surface area (Å²) < 4.78 is 0. The Morgan fingerprint density at radius 2 is 2.10 bits per heavy atom. The minimum Gasteiger partial charge on any atom is -0.480 e. The molecule has 0 aromatic carbocycles. The second kappa shape index (κ2) is 9.03. The van der Waals surface area contributed by atoms with Crippen LogP contribution in [0.4, 0.5) is 0 Å². The molecule has 5 nitrogen and oxygen atoms in total. The molecule has 0 aromatic heterocycles. The van der Waals surface area contributed by atoms with Crippen molar-refractivity contribution in [3.05, 3.63) is 0 Å². The first-order valence-electron chi connectivity index (χ1n) is 8.20. The Labute approximate surface area is 128 Å². The predicted molar refractivity (Wildman–Crippen MR) is 83.1 cm³/mol. The summed E-state index contributed by atoms with van der Waals surface area (Å²) in [5, 5.41) is 12.3. The number of nitrogens with zero attached hydrogens (tertiary/aromatic N) is 1. The Balaban J connectivity index is 2.39. The van der Waals surface area contributed by atoms with E-state index in [-0.39, 0.29) is 18.5 Å². The number of piperidine rings is 1. The molecule has 1 heterocycles. The number of likely N-dealkylation sites (tertiary alicyclic amines) is 1. The van der Waals surface area contributed by atoms with Gasteiger partial charge in [-0.05, 0) is 38.6 Å². The zero-order valence-electron chi connectivity index (χ0n) is 13.6. The van der Waals surface area contributed by atoms with Crippen LogP contribution in [0.15, 0.2) is 0 Å². The topological polar surface area (TPSA) is 69.6 Å². The summed E-state index contributed by atoms with van der Waals surface area (Å²) in [5.41, 5.74) is 0. The number of rotatable bonds is 8. The number of carboxylic acid groups (broad SMARTS) is 1. The molecular weight excluding hydrogens is 268 g/mol. The summed E-state index contributed by atoms with van der Waals surface area (Å²) in [6, 6.07) is -0.356. The molecule has 1 amide bonds. The number of carbonyl (C=O) groups excluding carboxylic acids is 1. The molecule has 1 saturated heterocycles. The van der Waals surface area contributed by atoms with Crippen molar-refractivity contribution in [3.63, 3.8) is 0 Å². The van der Waals surface area contributed by atoms with Crippen molar-refractivity contribution in [1.29, 1.82) is 0 Å². The molecule has 3 unspecified atom stereocenters. The van der Waals surface area contributed by atoms with Crippen molar-refractivity contribution in [2.45, 2.75) is 71.4 Å². The maximum Gasteiger partial charge on any atom is 0.320 e. The number of aliphatic carboxylic acids is 1. The Bertz CT molecular complexity index is 346. The lowest BCUT2D eigenvalue weighted by atomic mass is 9.92. The van der Waals surface area contributed by atoms with E-state index in [0.717, 1.165) is 19.3 Å². The molecule has 0 radical (unpaired) electrons. The van der Waals surface area contributed by atoms with E-state index in [1.54, 1.807) is 4.90 Å². The lowest BCUT2D eigenvalue weighted by molar-refractivity contribution is -0.146. The Morgan fingerprint density at radius 3 is 2.71 bits per heavy atom. The van der Waals surface area contributed by atoms with Crippen LogP contribution in [0.3, 0.4) is 0 Å². The summed E-state index contributed by atoms with van der Waals surface area (Å²) in [7, 11) is 0. The predicted octanol–water partition coefficient (Wildman–Crippen LogP) is 2.26. The van der Waals surface area contributed by atoms with Crippen LogP contribution in [-0.4, -0.2) is 47.1 Å². The van der Waals surface area contributed by atoms with Crippen molar-refractivity contribution >= 4 is 11.9 Å². The van der Waals surface area contributed by atoms with Gasteiger partial charge in [-0.2, -0.15) is 0 Å². The van der Waals surface area contributed by atoms with Crippen LogP contribution in [0.5, 0.6) is 0 Å². The number of nitrogens with one attached hydrogen (secondary N) is 1. The van der Waals surface area contributed by atoms with Crippen LogP contribution < -0.4 is 5.32 Å². The summed E-state index contributed by atoms with van der Waals surface area (Å²) >= 11 is 0. The summed E-state index contributed by atoms with van der Waals surface area (Å²) in [5.74, 6) is -0.455. The highest BCUT2D eigenvalue weighted by Crippen LogP contribution is 2.22. The fourth-order valence-corrected chi connectivity index (χ4v) is 2.91.